The van der Waals surface area contributed by atoms with Gasteiger partial charge in [0.05, 0.1) is 11.1 Å². The highest BCUT2D eigenvalue weighted by atomic mass is 127. The number of aryl methyl sites for hydroxylation is 1. The van der Waals surface area contributed by atoms with E-state index in [2.05, 4.69) is 40.9 Å². The highest BCUT2D eigenvalue weighted by Gasteiger charge is 2.13. The third kappa shape index (κ3) is 3.70. The van der Waals surface area contributed by atoms with E-state index < -0.39 is 0 Å². The minimum absolute atomic E-state index is 0.00394. The first-order chi connectivity index (χ1) is 8.97. The number of benzene rings is 1. The van der Waals surface area contributed by atoms with Crippen molar-refractivity contribution in [2.24, 2.45) is 0 Å². The molecule has 19 heavy (non-hydrogen) atoms. The van der Waals surface area contributed by atoms with E-state index in [0.717, 1.165) is 8.45 Å². The molecule has 2 nitrogen and oxygen atoms in total. The van der Waals surface area contributed by atoms with Gasteiger partial charge in [-0.1, -0.05) is 11.6 Å². The van der Waals surface area contributed by atoms with Gasteiger partial charge in [0.2, 0.25) is 0 Å². The van der Waals surface area contributed by atoms with Gasteiger partial charge >= 0.3 is 0 Å². The molecule has 0 radical (unpaired) electrons. The van der Waals surface area contributed by atoms with E-state index in [0.29, 0.717) is 10.6 Å². The monoisotopic (exact) mass is 405 g/mol. The van der Waals surface area contributed by atoms with Gasteiger partial charge in [0.1, 0.15) is 0 Å². The molecule has 0 bridgehead atoms. The van der Waals surface area contributed by atoms with E-state index >= 15 is 0 Å². The van der Waals surface area contributed by atoms with Crippen LogP contribution in [0.3, 0.4) is 0 Å². The lowest BCUT2D eigenvalue weighted by atomic mass is 10.2. The fourth-order valence-corrected chi connectivity index (χ4v) is 3.07. The van der Waals surface area contributed by atoms with Crippen molar-refractivity contribution in [2.75, 3.05) is 0 Å². The Morgan fingerprint density at radius 1 is 1.37 bits per heavy atom. The van der Waals surface area contributed by atoms with Crippen LogP contribution in [0, 0.1) is 10.5 Å². The van der Waals surface area contributed by atoms with Crippen molar-refractivity contribution in [1.29, 1.82) is 0 Å². The van der Waals surface area contributed by atoms with E-state index in [-0.39, 0.29) is 11.9 Å². The molecule has 0 fully saturated rings. The summed E-state index contributed by atoms with van der Waals surface area (Å²) >= 11 is 9.87. The van der Waals surface area contributed by atoms with Gasteiger partial charge in [0.25, 0.3) is 5.91 Å². The molecule has 2 rings (SSSR count). The molecule has 1 unspecified atom stereocenters. The number of amides is 1. The number of hydrogen-bond donors (Lipinski definition) is 1. The van der Waals surface area contributed by atoms with E-state index in [1.165, 1.54) is 4.88 Å². The zero-order valence-corrected chi connectivity index (χ0v) is 14.3. The summed E-state index contributed by atoms with van der Waals surface area (Å²) in [6, 6.07) is 9.44. The van der Waals surface area contributed by atoms with Crippen LogP contribution < -0.4 is 5.32 Å². The van der Waals surface area contributed by atoms with Crippen LogP contribution in [0.5, 0.6) is 0 Å². The minimum Gasteiger partial charge on any atom is -0.345 e. The van der Waals surface area contributed by atoms with Gasteiger partial charge in [0.15, 0.2) is 0 Å². The first-order valence-corrected chi connectivity index (χ1v) is 8.07. The zero-order valence-electron chi connectivity index (χ0n) is 10.5. The fourth-order valence-electron chi connectivity index (χ4n) is 1.67. The normalized spacial score (nSPS) is 12.2. The first-order valence-electron chi connectivity index (χ1n) is 5.79. The number of carbonyl (C=O) groups excluding carboxylic acids is 1. The summed E-state index contributed by atoms with van der Waals surface area (Å²) in [7, 11) is 0. The van der Waals surface area contributed by atoms with Gasteiger partial charge in [-0.05, 0) is 66.8 Å². The Balaban J connectivity index is 2.10. The maximum atomic E-state index is 12.1. The molecule has 5 heteroatoms. The average Bonchev–Trinajstić information content (AvgIpc) is 2.79. The second-order valence-corrected chi connectivity index (χ2v) is 7.16. The molecule has 0 saturated heterocycles. The van der Waals surface area contributed by atoms with Crippen molar-refractivity contribution in [1.82, 2.24) is 5.32 Å². The highest BCUT2D eigenvalue weighted by Crippen LogP contribution is 2.23. The molecule has 1 amide bonds. The summed E-state index contributed by atoms with van der Waals surface area (Å²) in [5, 5.41) is 3.59. The summed E-state index contributed by atoms with van der Waals surface area (Å²) in [6.45, 7) is 4.04. The van der Waals surface area contributed by atoms with Gasteiger partial charge in [-0.25, -0.2) is 0 Å². The Morgan fingerprint density at radius 3 is 2.68 bits per heavy atom. The Morgan fingerprint density at radius 2 is 2.11 bits per heavy atom. The first kappa shape index (κ1) is 14.8. The van der Waals surface area contributed by atoms with E-state index in [1.807, 2.05) is 19.1 Å². The molecular formula is C14H13ClINOS. The number of nitrogens with one attached hydrogen (secondary N) is 1. The predicted molar refractivity (Wildman–Crippen MR) is 89.1 cm³/mol. The van der Waals surface area contributed by atoms with Crippen LogP contribution in [0.25, 0.3) is 0 Å². The average molecular weight is 406 g/mol. The van der Waals surface area contributed by atoms with Crippen LogP contribution in [-0.4, -0.2) is 5.91 Å². The Labute approximate surface area is 135 Å². The molecule has 1 aromatic carbocycles. The van der Waals surface area contributed by atoms with Crippen LogP contribution in [0.15, 0.2) is 30.3 Å². The molecule has 0 aliphatic rings. The van der Waals surface area contributed by atoms with Crippen molar-refractivity contribution in [3.63, 3.8) is 0 Å². The van der Waals surface area contributed by atoms with Crippen LogP contribution in [0.2, 0.25) is 5.02 Å². The second kappa shape index (κ2) is 6.24. The molecule has 1 N–H and O–H groups in total. The van der Waals surface area contributed by atoms with Gasteiger partial charge in [0, 0.05) is 18.9 Å². The van der Waals surface area contributed by atoms with Gasteiger partial charge < -0.3 is 5.32 Å². The molecule has 0 aliphatic carbocycles. The molecule has 1 aromatic heterocycles. The molecule has 1 atom stereocenters. The lowest BCUT2D eigenvalue weighted by Crippen LogP contribution is -2.26. The second-order valence-electron chi connectivity index (χ2n) is 4.27. The third-order valence-electron chi connectivity index (χ3n) is 2.72. The predicted octanol–water partition coefficient (Wildman–Crippen LogP) is 4.81. The van der Waals surface area contributed by atoms with Crippen molar-refractivity contribution >= 4 is 51.4 Å². The molecule has 1 heterocycles. The summed E-state index contributed by atoms with van der Waals surface area (Å²) in [6.07, 6.45) is 0. The number of carbonyl (C=O) groups is 1. The molecule has 2 aromatic rings. The molecule has 0 spiro atoms. The zero-order chi connectivity index (χ0) is 14.0. The van der Waals surface area contributed by atoms with E-state index in [1.54, 1.807) is 23.5 Å². The number of halogens is 2. The Hall–Kier alpha value is -0.590. The summed E-state index contributed by atoms with van der Waals surface area (Å²) in [5.41, 5.74) is 0.588. The lowest BCUT2D eigenvalue weighted by molar-refractivity contribution is 0.0940. The highest BCUT2D eigenvalue weighted by molar-refractivity contribution is 14.1. The topological polar surface area (TPSA) is 29.1 Å². The fraction of sp³-hybridized carbons (Fsp3) is 0.214. The molecular weight excluding hydrogens is 393 g/mol. The van der Waals surface area contributed by atoms with E-state index in [9.17, 15) is 4.79 Å². The summed E-state index contributed by atoms with van der Waals surface area (Å²) < 4.78 is 0.942. The van der Waals surface area contributed by atoms with Crippen LogP contribution >= 0.6 is 45.5 Å². The lowest BCUT2D eigenvalue weighted by Gasteiger charge is -2.12. The maximum Gasteiger partial charge on any atom is 0.251 e. The number of thiophene rings is 1. The minimum atomic E-state index is -0.100. The van der Waals surface area contributed by atoms with Crippen LogP contribution in [0.4, 0.5) is 0 Å². The Bertz CT molecular complexity index is 611. The van der Waals surface area contributed by atoms with Crippen molar-refractivity contribution in [3.8, 4) is 0 Å². The molecule has 0 saturated carbocycles. The van der Waals surface area contributed by atoms with Crippen molar-refractivity contribution in [3.05, 3.63) is 54.2 Å². The third-order valence-corrected chi connectivity index (χ3v) is 5.47. The largest absolute Gasteiger partial charge is 0.345 e. The molecule has 100 valence electrons. The van der Waals surface area contributed by atoms with Gasteiger partial charge in [-0.3, -0.25) is 4.79 Å². The smallest absolute Gasteiger partial charge is 0.251 e. The van der Waals surface area contributed by atoms with Gasteiger partial charge in [-0.15, -0.1) is 11.3 Å². The number of rotatable bonds is 3. The summed E-state index contributed by atoms with van der Waals surface area (Å²) in [4.78, 5) is 14.5. The number of hydrogen-bond acceptors (Lipinski definition) is 2. The van der Waals surface area contributed by atoms with Crippen molar-refractivity contribution < 1.29 is 4.79 Å². The van der Waals surface area contributed by atoms with Crippen LogP contribution in [0.1, 0.15) is 33.1 Å². The van der Waals surface area contributed by atoms with E-state index in [4.69, 9.17) is 11.6 Å². The summed E-state index contributed by atoms with van der Waals surface area (Å²) in [5.74, 6) is -0.100. The van der Waals surface area contributed by atoms with Crippen LogP contribution in [-0.2, 0) is 0 Å². The molecule has 0 aliphatic heterocycles. The maximum absolute atomic E-state index is 12.1. The standard InChI is InChI=1S/C14H13ClINOS/c1-8-3-6-13(19-8)9(2)17-14(18)10-4-5-12(16)11(15)7-10/h3-7,9H,1-2H3,(H,17,18). The Kier molecular flexibility index (Phi) is 4.86. The SMILES string of the molecule is Cc1ccc(C(C)NC(=O)c2ccc(I)c(Cl)c2)s1. The van der Waals surface area contributed by atoms with Gasteiger partial charge in [-0.2, -0.15) is 0 Å². The van der Waals surface area contributed by atoms with Crippen molar-refractivity contribution in [2.45, 2.75) is 19.9 Å². The quantitative estimate of drug-likeness (QED) is 0.730.